The SMILES string of the molecule is CCCn1cncc1CN[C@H](C)C1CCCCCC1. The fourth-order valence-electron chi connectivity index (χ4n) is 3.18. The number of nitrogens with one attached hydrogen (secondary N) is 1. The lowest BCUT2D eigenvalue weighted by Gasteiger charge is -2.23. The van der Waals surface area contributed by atoms with E-state index in [0.29, 0.717) is 6.04 Å². The van der Waals surface area contributed by atoms with Crippen molar-refractivity contribution in [2.24, 2.45) is 5.92 Å². The molecule has 1 aliphatic rings. The Kier molecular flexibility index (Phi) is 5.90. The molecule has 19 heavy (non-hydrogen) atoms. The number of hydrogen-bond donors (Lipinski definition) is 1. The number of aromatic nitrogens is 2. The summed E-state index contributed by atoms with van der Waals surface area (Å²) < 4.78 is 2.27. The van der Waals surface area contributed by atoms with E-state index in [4.69, 9.17) is 0 Å². The van der Waals surface area contributed by atoms with Crippen LogP contribution in [0.25, 0.3) is 0 Å². The maximum absolute atomic E-state index is 4.27. The molecular weight excluding hydrogens is 234 g/mol. The topological polar surface area (TPSA) is 29.9 Å². The van der Waals surface area contributed by atoms with Gasteiger partial charge < -0.3 is 9.88 Å². The van der Waals surface area contributed by atoms with E-state index in [1.807, 2.05) is 12.5 Å². The molecule has 3 heteroatoms. The van der Waals surface area contributed by atoms with E-state index >= 15 is 0 Å². The molecule has 1 atom stereocenters. The number of imidazole rings is 1. The van der Waals surface area contributed by atoms with Gasteiger partial charge in [-0.3, -0.25) is 0 Å². The van der Waals surface area contributed by atoms with Crippen molar-refractivity contribution in [3.63, 3.8) is 0 Å². The van der Waals surface area contributed by atoms with Crippen LogP contribution < -0.4 is 5.32 Å². The van der Waals surface area contributed by atoms with Crippen molar-refractivity contribution in [2.45, 2.75) is 77.9 Å². The third-order valence-electron chi connectivity index (χ3n) is 4.48. The van der Waals surface area contributed by atoms with Gasteiger partial charge in [0, 0.05) is 25.3 Å². The Morgan fingerprint density at radius 2 is 2.05 bits per heavy atom. The third-order valence-corrected chi connectivity index (χ3v) is 4.48. The summed E-state index contributed by atoms with van der Waals surface area (Å²) in [7, 11) is 0. The maximum atomic E-state index is 4.27. The number of hydrogen-bond acceptors (Lipinski definition) is 2. The summed E-state index contributed by atoms with van der Waals surface area (Å²) in [5, 5.41) is 3.72. The minimum Gasteiger partial charge on any atom is -0.333 e. The van der Waals surface area contributed by atoms with Gasteiger partial charge in [-0.1, -0.05) is 32.6 Å². The maximum Gasteiger partial charge on any atom is 0.0948 e. The lowest BCUT2D eigenvalue weighted by Crippen LogP contribution is -2.33. The molecule has 0 radical (unpaired) electrons. The largest absolute Gasteiger partial charge is 0.333 e. The molecule has 3 nitrogen and oxygen atoms in total. The molecule has 0 unspecified atom stereocenters. The second-order valence-electron chi connectivity index (χ2n) is 6.00. The summed E-state index contributed by atoms with van der Waals surface area (Å²) in [6.07, 6.45) is 13.7. The fourth-order valence-corrected chi connectivity index (χ4v) is 3.18. The van der Waals surface area contributed by atoms with E-state index < -0.39 is 0 Å². The molecule has 1 aliphatic carbocycles. The molecule has 1 saturated carbocycles. The smallest absolute Gasteiger partial charge is 0.0948 e. The molecule has 1 aromatic heterocycles. The van der Waals surface area contributed by atoms with Crippen molar-refractivity contribution in [2.75, 3.05) is 0 Å². The van der Waals surface area contributed by atoms with Crippen LogP contribution in [0.15, 0.2) is 12.5 Å². The van der Waals surface area contributed by atoms with Crippen LogP contribution in [0, 0.1) is 5.92 Å². The van der Waals surface area contributed by atoms with Crippen LogP contribution in [0.2, 0.25) is 0 Å². The quantitative estimate of drug-likeness (QED) is 0.792. The van der Waals surface area contributed by atoms with Crippen LogP contribution in [0.5, 0.6) is 0 Å². The lowest BCUT2D eigenvalue weighted by atomic mass is 9.93. The van der Waals surface area contributed by atoms with Crippen molar-refractivity contribution >= 4 is 0 Å². The van der Waals surface area contributed by atoms with Crippen molar-refractivity contribution in [3.05, 3.63) is 18.2 Å². The molecule has 0 spiro atoms. The van der Waals surface area contributed by atoms with Gasteiger partial charge in [0.15, 0.2) is 0 Å². The van der Waals surface area contributed by atoms with Crippen molar-refractivity contribution in [3.8, 4) is 0 Å². The molecule has 1 N–H and O–H groups in total. The Hall–Kier alpha value is -0.830. The van der Waals surface area contributed by atoms with E-state index in [9.17, 15) is 0 Å². The molecule has 1 heterocycles. The summed E-state index contributed by atoms with van der Waals surface area (Å²) in [4.78, 5) is 4.27. The summed E-state index contributed by atoms with van der Waals surface area (Å²) in [5.41, 5.74) is 1.32. The van der Waals surface area contributed by atoms with Gasteiger partial charge in [0.2, 0.25) is 0 Å². The van der Waals surface area contributed by atoms with Crippen LogP contribution in [0.1, 0.15) is 64.5 Å². The van der Waals surface area contributed by atoms with Crippen LogP contribution in [0.3, 0.4) is 0 Å². The van der Waals surface area contributed by atoms with Crippen molar-refractivity contribution in [1.82, 2.24) is 14.9 Å². The van der Waals surface area contributed by atoms with Gasteiger partial charge in [-0.25, -0.2) is 4.98 Å². The first-order valence-electron chi connectivity index (χ1n) is 8.03. The summed E-state index contributed by atoms with van der Waals surface area (Å²) >= 11 is 0. The summed E-state index contributed by atoms with van der Waals surface area (Å²) in [6.45, 7) is 6.61. The number of nitrogens with zero attached hydrogens (tertiary/aromatic N) is 2. The van der Waals surface area contributed by atoms with E-state index in [1.54, 1.807) is 0 Å². The van der Waals surface area contributed by atoms with E-state index in [1.165, 1.54) is 50.6 Å². The van der Waals surface area contributed by atoms with Crippen LogP contribution in [-0.4, -0.2) is 15.6 Å². The average molecular weight is 263 g/mol. The van der Waals surface area contributed by atoms with Gasteiger partial charge in [0.1, 0.15) is 0 Å². The molecular formula is C16H29N3. The van der Waals surface area contributed by atoms with Crippen LogP contribution in [-0.2, 0) is 13.1 Å². The van der Waals surface area contributed by atoms with E-state index in [-0.39, 0.29) is 0 Å². The highest BCUT2D eigenvalue weighted by Crippen LogP contribution is 2.25. The zero-order valence-electron chi connectivity index (χ0n) is 12.6. The normalized spacial score (nSPS) is 19.3. The van der Waals surface area contributed by atoms with Gasteiger partial charge in [0.25, 0.3) is 0 Å². The zero-order chi connectivity index (χ0) is 13.5. The third kappa shape index (κ3) is 4.34. The second kappa shape index (κ2) is 7.68. The Balaban J connectivity index is 1.81. The second-order valence-corrected chi connectivity index (χ2v) is 6.00. The molecule has 0 aliphatic heterocycles. The van der Waals surface area contributed by atoms with Gasteiger partial charge >= 0.3 is 0 Å². The standard InChI is InChI=1S/C16H29N3/c1-3-10-19-13-17-11-16(19)12-18-14(2)15-8-6-4-5-7-9-15/h11,13-15,18H,3-10,12H2,1-2H3/t14-/m1/s1. The number of rotatable bonds is 6. The first-order chi connectivity index (χ1) is 9.31. The molecule has 108 valence electrons. The Labute approximate surface area is 117 Å². The molecule has 0 aromatic carbocycles. The monoisotopic (exact) mass is 263 g/mol. The molecule has 2 rings (SSSR count). The Morgan fingerprint density at radius 3 is 2.74 bits per heavy atom. The van der Waals surface area contributed by atoms with Crippen molar-refractivity contribution < 1.29 is 0 Å². The first-order valence-corrected chi connectivity index (χ1v) is 8.03. The average Bonchev–Trinajstić information content (AvgIpc) is 2.68. The summed E-state index contributed by atoms with van der Waals surface area (Å²) in [6, 6.07) is 0.628. The zero-order valence-corrected chi connectivity index (χ0v) is 12.6. The van der Waals surface area contributed by atoms with Gasteiger partial charge in [-0.2, -0.15) is 0 Å². The van der Waals surface area contributed by atoms with Crippen molar-refractivity contribution in [1.29, 1.82) is 0 Å². The molecule has 0 saturated heterocycles. The van der Waals surface area contributed by atoms with Crippen LogP contribution >= 0.6 is 0 Å². The fraction of sp³-hybridized carbons (Fsp3) is 0.812. The lowest BCUT2D eigenvalue weighted by molar-refractivity contribution is 0.334. The highest BCUT2D eigenvalue weighted by molar-refractivity contribution is 4.98. The first kappa shape index (κ1) is 14.6. The molecule has 0 bridgehead atoms. The highest BCUT2D eigenvalue weighted by atomic mass is 15.1. The minimum atomic E-state index is 0.628. The van der Waals surface area contributed by atoms with Gasteiger partial charge in [-0.15, -0.1) is 0 Å². The molecule has 1 aromatic rings. The van der Waals surface area contributed by atoms with E-state index in [2.05, 4.69) is 28.7 Å². The highest BCUT2D eigenvalue weighted by Gasteiger charge is 2.18. The predicted octanol–water partition coefficient (Wildman–Crippen LogP) is 3.74. The molecule has 1 fully saturated rings. The van der Waals surface area contributed by atoms with E-state index in [0.717, 1.165) is 19.0 Å². The molecule has 0 amide bonds. The summed E-state index contributed by atoms with van der Waals surface area (Å²) in [5.74, 6) is 0.866. The minimum absolute atomic E-state index is 0.628. The van der Waals surface area contributed by atoms with Crippen LogP contribution in [0.4, 0.5) is 0 Å². The van der Waals surface area contributed by atoms with Gasteiger partial charge in [-0.05, 0) is 32.1 Å². The predicted molar refractivity (Wildman–Crippen MR) is 80.0 cm³/mol. The number of aryl methyl sites for hydroxylation is 1. The Morgan fingerprint density at radius 1 is 1.32 bits per heavy atom. The van der Waals surface area contributed by atoms with Gasteiger partial charge in [0.05, 0.1) is 12.0 Å². The Bertz CT molecular complexity index is 351.